The Balaban J connectivity index is 1.72. The SMILES string of the molecule is OCC1O[C@@H](O[C@@H]2C(CO)O[C@@H](O[C@@H]3C(CO)O[C@H](O)C(O)[C@@H]3O)C(O)[C@H]2O)C(O)[C@@H](O)[C@@H]1O. The van der Waals surface area contributed by atoms with Gasteiger partial charge < -0.3 is 79.9 Å². The van der Waals surface area contributed by atoms with Crippen LogP contribution in [0.1, 0.15) is 0 Å². The first-order valence-electron chi connectivity index (χ1n) is 10.6. The van der Waals surface area contributed by atoms with Crippen LogP contribution in [0.3, 0.4) is 0 Å². The van der Waals surface area contributed by atoms with Crippen LogP contribution in [0, 0.1) is 0 Å². The molecule has 3 fully saturated rings. The summed E-state index contributed by atoms with van der Waals surface area (Å²) in [5.74, 6) is 0. The maximum Gasteiger partial charge on any atom is 0.187 e. The van der Waals surface area contributed by atoms with Crippen LogP contribution in [0.5, 0.6) is 0 Å². The summed E-state index contributed by atoms with van der Waals surface area (Å²) in [7, 11) is 0. The van der Waals surface area contributed by atoms with Crippen LogP contribution in [-0.2, 0) is 23.7 Å². The Morgan fingerprint density at radius 2 is 0.853 bits per heavy atom. The Hall–Kier alpha value is -0.640. The Labute approximate surface area is 192 Å². The second-order valence-electron chi connectivity index (χ2n) is 8.33. The van der Waals surface area contributed by atoms with Crippen molar-refractivity contribution in [3.8, 4) is 0 Å². The third kappa shape index (κ3) is 5.37. The average molecular weight is 504 g/mol. The molecular formula is C18H32O16. The van der Waals surface area contributed by atoms with Crippen LogP contribution in [0.15, 0.2) is 0 Å². The summed E-state index contributed by atoms with van der Waals surface area (Å²) in [6.07, 6.45) is -25.1. The van der Waals surface area contributed by atoms with E-state index in [1.807, 2.05) is 0 Å². The van der Waals surface area contributed by atoms with Crippen LogP contribution in [0.4, 0.5) is 0 Å². The van der Waals surface area contributed by atoms with E-state index in [9.17, 15) is 56.2 Å². The summed E-state index contributed by atoms with van der Waals surface area (Å²) < 4.78 is 26.4. The first-order valence-corrected chi connectivity index (χ1v) is 10.6. The van der Waals surface area contributed by atoms with Crippen LogP contribution >= 0.6 is 0 Å². The molecule has 3 heterocycles. The van der Waals surface area contributed by atoms with Crippen LogP contribution in [0.25, 0.3) is 0 Å². The van der Waals surface area contributed by atoms with E-state index in [1.54, 1.807) is 0 Å². The largest absolute Gasteiger partial charge is 0.394 e. The first-order chi connectivity index (χ1) is 16.0. The molecule has 0 spiro atoms. The molecule has 34 heavy (non-hydrogen) atoms. The normalized spacial score (nSPS) is 52.5. The molecule has 0 aromatic carbocycles. The summed E-state index contributed by atoms with van der Waals surface area (Å²) in [6.45, 7) is -2.32. The highest BCUT2D eigenvalue weighted by Gasteiger charge is 2.53. The zero-order valence-electron chi connectivity index (χ0n) is 17.7. The molecule has 16 heteroatoms. The highest BCUT2D eigenvalue weighted by Crippen LogP contribution is 2.32. The molecule has 0 bridgehead atoms. The maximum absolute atomic E-state index is 10.6. The molecule has 0 saturated carbocycles. The zero-order valence-corrected chi connectivity index (χ0v) is 17.7. The molecule has 0 amide bonds. The van der Waals surface area contributed by atoms with Crippen molar-refractivity contribution in [2.24, 2.45) is 0 Å². The molecule has 3 aliphatic rings. The van der Waals surface area contributed by atoms with Crippen LogP contribution in [0.2, 0.25) is 0 Å². The van der Waals surface area contributed by atoms with Crippen LogP contribution in [-0.4, -0.2) is 168 Å². The van der Waals surface area contributed by atoms with Crippen molar-refractivity contribution in [1.82, 2.24) is 0 Å². The van der Waals surface area contributed by atoms with Gasteiger partial charge in [-0.15, -0.1) is 0 Å². The molecular weight excluding hydrogens is 472 g/mol. The fourth-order valence-electron chi connectivity index (χ4n) is 4.06. The number of aliphatic hydroxyl groups excluding tert-OH is 11. The van der Waals surface area contributed by atoms with E-state index in [1.165, 1.54) is 0 Å². The van der Waals surface area contributed by atoms with E-state index in [0.717, 1.165) is 0 Å². The van der Waals surface area contributed by atoms with Crippen molar-refractivity contribution in [3.05, 3.63) is 0 Å². The molecule has 3 aliphatic heterocycles. The molecule has 15 atom stereocenters. The lowest BCUT2D eigenvalue weighted by molar-refractivity contribution is -0.377. The highest BCUT2D eigenvalue weighted by molar-refractivity contribution is 4.96. The summed E-state index contributed by atoms with van der Waals surface area (Å²) in [5, 5.41) is 109. The molecule has 11 N–H and O–H groups in total. The zero-order chi connectivity index (χ0) is 25.3. The van der Waals surface area contributed by atoms with Gasteiger partial charge in [0.25, 0.3) is 0 Å². The fraction of sp³-hybridized carbons (Fsp3) is 1.00. The number of hydrogen-bond acceptors (Lipinski definition) is 16. The van der Waals surface area contributed by atoms with Gasteiger partial charge in [-0.1, -0.05) is 0 Å². The first kappa shape index (κ1) is 27.9. The molecule has 16 nitrogen and oxygen atoms in total. The van der Waals surface area contributed by atoms with Gasteiger partial charge in [-0.05, 0) is 0 Å². The summed E-state index contributed by atoms with van der Waals surface area (Å²) in [6, 6.07) is 0. The van der Waals surface area contributed by atoms with Gasteiger partial charge in [0.05, 0.1) is 19.8 Å². The van der Waals surface area contributed by atoms with Gasteiger partial charge in [-0.25, -0.2) is 0 Å². The number of hydrogen-bond donors (Lipinski definition) is 11. The van der Waals surface area contributed by atoms with Gasteiger partial charge in [0.15, 0.2) is 18.9 Å². The van der Waals surface area contributed by atoms with Gasteiger partial charge in [0.1, 0.15) is 73.2 Å². The van der Waals surface area contributed by atoms with Gasteiger partial charge in [0.2, 0.25) is 0 Å². The van der Waals surface area contributed by atoms with Crippen LogP contribution < -0.4 is 0 Å². The number of rotatable bonds is 7. The van der Waals surface area contributed by atoms with E-state index in [-0.39, 0.29) is 0 Å². The van der Waals surface area contributed by atoms with E-state index in [2.05, 4.69) is 0 Å². The van der Waals surface area contributed by atoms with Gasteiger partial charge in [-0.2, -0.15) is 0 Å². The smallest absolute Gasteiger partial charge is 0.187 e. The highest BCUT2D eigenvalue weighted by atomic mass is 16.8. The topological polar surface area (TPSA) is 269 Å². The van der Waals surface area contributed by atoms with Crippen molar-refractivity contribution >= 4 is 0 Å². The Kier molecular flexibility index (Phi) is 9.54. The lowest BCUT2D eigenvalue weighted by Gasteiger charge is -2.47. The van der Waals surface area contributed by atoms with E-state index in [0.29, 0.717) is 0 Å². The lowest BCUT2D eigenvalue weighted by atomic mass is 9.96. The second-order valence-corrected chi connectivity index (χ2v) is 8.33. The third-order valence-corrected chi connectivity index (χ3v) is 6.09. The average Bonchev–Trinajstić information content (AvgIpc) is 2.83. The number of ether oxygens (including phenoxy) is 5. The molecule has 200 valence electrons. The van der Waals surface area contributed by atoms with Crippen molar-refractivity contribution in [3.63, 3.8) is 0 Å². The molecule has 0 aromatic rings. The summed E-state index contributed by atoms with van der Waals surface area (Å²) in [5.41, 5.74) is 0. The maximum atomic E-state index is 10.6. The Morgan fingerprint density at radius 3 is 1.35 bits per heavy atom. The minimum absolute atomic E-state index is 0.741. The standard InChI is InChI=1S/C18H32O16/c19-1-4-7(22)8(23)12(27)17(31-4)34-15-6(3-21)32-18(13(28)10(15)25)33-14-5(2-20)30-16(29)11(26)9(14)24/h4-29H,1-3H2/t4?,5?,6?,7-,8+,9+,10-,11?,12?,13?,14-,15-,16+,17+,18+/m1/s1. The predicted molar refractivity (Wildman–Crippen MR) is 101 cm³/mol. The molecule has 0 aromatic heterocycles. The molecule has 0 radical (unpaired) electrons. The van der Waals surface area contributed by atoms with E-state index >= 15 is 0 Å². The molecule has 3 rings (SSSR count). The molecule has 3 saturated heterocycles. The van der Waals surface area contributed by atoms with Gasteiger partial charge >= 0.3 is 0 Å². The van der Waals surface area contributed by atoms with Crippen molar-refractivity contribution < 1.29 is 79.9 Å². The minimum atomic E-state index is -1.91. The van der Waals surface area contributed by atoms with Gasteiger partial charge in [-0.3, -0.25) is 0 Å². The Morgan fingerprint density at radius 1 is 0.441 bits per heavy atom. The fourth-order valence-corrected chi connectivity index (χ4v) is 4.06. The second kappa shape index (κ2) is 11.6. The molecule has 0 aliphatic carbocycles. The van der Waals surface area contributed by atoms with Crippen molar-refractivity contribution in [2.45, 2.75) is 92.1 Å². The third-order valence-electron chi connectivity index (χ3n) is 6.09. The van der Waals surface area contributed by atoms with E-state index < -0.39 is 112 Å². The Bertz CT molecular complexity index is 635. The minimum Gasteiger partial charge on any atom is -0.394 e. The monoisotopic (exact) mass is 504 g/mol. The van der Waals surface area contributed by atoms with Crippen molar-refractivity contribution in [2.75, 3.05) is 19.8 Å². The van der Waals surface area contributed by atoms with Gasteiger partial charge in [0, 0.05) is 0 Å². The summed E-state index contributed by atoms with van der Waals surface area (Å²) in [4.78, 5) is 0. The van der Waals surface area contributed by atoms with Crippen molar-refractivity contribution in [1.29, 1.82) is 0 Å². The van der Waals surface area contributed by atoms with E-state index in [4.69, 9.17) is 23.7 Å². The molecule has 6 unspecified atom stereocenters. The number of aliphatic hydroxyl groups is 11. The summed E-state index contributed by atoms with van der Waals surface area (Å²) >= 11 is 0. The predicted octanol–water partition coefficient (Wildman–Crippen LogP) is -7.57. The quantitative estimate of drug-likeness (QED) is 0.154. The lowest BCUT2D eigenvalue weighted by Crippen LogP contribution is -2.66.